The molecule has 0 heterocycles. The Kier molecular flexibility index (Phi) is 7.01. The molecule has 3 N–H and O–H groups in total. The quantitative estimate of drug-likeness (QED) is 0.698. The summed E-state index contributed by atoms with van der Waals surface area (Å²) < 4.78 is 5.92. The second kappa shape index (κ2) is 8.51. The average Bonchev–Trinajstić information content (AvgIpc) is 2.43. The lowest BCUT2D eigenvalue weighted by atomic mass is 10.1. The number of rotatable bonds is 7. The zero-order valence-electron chi connectivity index (χ0n) is 12.0. The molecule has 0 saturated carbocycles. The summed E-state index contributed by atoms with van der Waals surface area (Å²) in [6.45, 7) is 1.96. The van der Waals surface area contributed by atoms with E-state index in [4.69, 9.17) is 9.84 Å². The van der Waals surface area contributed by atoms with E-state index in [9.17, 15) is 9.59 Å². The molecule has 1 rings (SSSR count). The number of carbonyl (C=O) groups excluding carboxylic acids is 1. The minimum absolute atomic E-state index is 0.398. The fourth-order valence-electron chi connectivity index (χ4n) is 1.76. The molecule has 0 aliphatic rings. The molecule has 0 spiro atoms. The van der Waals surface area contributed by atoms with Gasteiger partial charge in [0.05, 0.1) is 12.8 Å². The number of carboxylic acid groups (broad SMARTS) is 1. The first-order valence-corrected chi connectivity index (χ1v) is 7.41. The highest BCUT2D eigenvalue weighted by Crippen LogP contribution is 2.27. The van der Waals surface area contributed by atoms with Gasteiger partial charge in [-0.05, 0) is 24.6 Å². The van der Waals surface area contributed by atoms with Gasteiger partial charge in [0.2, 0.25) is 0 Å². The summed E-state index contributed by atoms with van der Waals surface area (Å²) in [5, 5.41) is 14.1. The number of hydrogen-bond donors (Lipinski definition) is 3. The Hall–Kier alpha value is -1.76. The zero-order valence-corrected chi connectivity index (χ0v) is 13.6. The number of aliphatic carboxylic acids is 1. The van der Waals surface area contributed by atoms with Gasteiger partial charge in [-0.3, -0.25) is 0 Å². The second-order valence-corrected chi connectivity index (χ2v) is 5.39. The van der Waals surface area contributed by atoms with Gasteiger partial charge in [-0.2, -0.15) is 0 Å². The minimum Gasteiger partial charge on any atom is -0.495 e. The normalized spacial score (nSPS) is 11.6. The van der Waals surface area contributed by atoms with Crippen LogP contribution in [0.4, 0.5) is 10.5 Å². The third-order valence-electron chi connectivity index (χ3n) is 2.86. The first-order chi connectivity index (χ1) is 9.97. The number of carbonyl (C=O) groups is 2. The molecule has 6 nitrogen and oxygen atoms in total. The Bertz CT molecular complexity index is 508. The Morgan fingerprint density at radius 2 is 2.14 bits per heavy atom. The molecule has 0 saturated heterocycles. The summed E-state index contributed by atoms with van der Waals surface area (Å²) in [7, 11) is 1.49. The third kappa shape index (κ3) is 5.63. The predicted molar refractivity (Wildman–Crippen MR) is 83.8 cm³/mol. The smallest absolute Gasteiger partial charge is 0.326 e. The van der Waals surface area contributed by atoms with Crippen LogP contribution in [0.15, 0.2) is 22.7 Å². The van der Waals surface area contributed by atoms with Gasteiger partial charge < -0.3 is 20.5 Å². The molecule has 21 heavy (non-hydrogen) atoms. The number of urea groups is 1. The fraction of sp³-hybridized carbons (Fsp3) is 0.429. The minimum atomic E-state index is -1.04. The molecule has 116 valence electrons. The maximum atomic E-state index is 11.9. The maximum absolute atomic E-state index is 11.9. The van der Waals surface area contributed by atoms with Crippen molar-refractivity contribution in [2.45, 2.75) is 32.2 Å². The summed E-state index contributed by atoms with van der Waals surface area (Å²) in [6, 6.07) is 3.69. The molecule has 2 amide bonds. The summed E-state index contributed by atoms with van der Waals surface area (Å²) in [4.78, 5) is 23.0. The largest absolute Gasteiger partial charge is 0.495 e. The molecule has 0 bridgehead atoms. The van der Waals surface area contributed by atoms with Crippen LogP contribution in [0.3, 0.4) is 0 Å². The molecule has 0 aliphatic carbocycles. The standard InChI is InChI=1S/C14H19BrN2O4/c1-3-4-5-10(13(18)19)16-14(20)17-11-8-9(15)6-7-12(11)21-2/h6-8,10H,3-5H2,1-2H3,(H,18,19)(H2,16,17,20)/t10-/m0/s1. The van der Waals surface area contributed by atoms with E-state index in [1.807, 2.05) is 6.92 Å². The Morgan fingerprint density at radius 3 is 2.71 bits per heavy atom. The summed E-state index contributed by atoms with van der Waals surface area (Å²) >= 11 is 3.30. The van der Waals surface area contributed by atoms with Crippen molar-refractivity contribution in [1.29, 1.82) is 0 Å². The van der Waals surface area contributed by atoms with Crippen molar-refractivity contribution in [2.75, 3.05) is 12.4 Å². The molecular weight excluding hydrogens is 340 g/mol. The fourth-order valence-corrected chi connectivity index (χ4v) is 2.12. The van der Waals surface area contributed by atoms with E-state index in [-0.39, 0.29) is 0 Å². The Morgan fingerprint density at radius 1 is 1.43 bits per heavy atom. The number of nitrogens with one attached hydrogen (secondary N) is 2. The molecule has 0 radical (unpaired) electrons. The van der Waals surface area contributed by atoms with E-state index in [2.05, 4.69) is 26.6 Å². The highest BCUT2D eigenvalue weighted by atomic mass is 79.9. The number of carboxylic acids is 1. The van der Waals surface area contributed by atoms with Crippen LogP contribution in [0, 0.1) is 0 Å². The van der Waals surface area contributed by atoms with Crippen molar-refractivity contribution in [3.05, 3.63) is 22.7 Å². The van der Waals surface area contributed by atoms with Gasteiger partial charge in [-0.15, -0.1) is 0 Å². The van der Waals surface area contributed by atoms with Crippen LogP contribution < -0.4 is 15.4 Å². The number of unbranched alkanes of at least 4 members (excludes halogenated alkanes) is 1. The van der Waals surface area contributed by atoms with Gasteiger partial charge in [0.25, 0.3) is 0 Å². The van der Waals surface area contributed by atoms with Gasteiger partial charge in [0, 0.05) is 4.47 Å². The van der Waals surface area contributed by atoms with E-state index in [0.717, 1.165) is 17.3 Å². The van der Waals surface area contributed by atoms with Crippen LogP contribution in [-0.4, -0.2) is 30.3 Å². The van der Waals surface area contributed by atoms with Crippen molar-refractivity contribution in [2.24, 2.45) is 0 Å². The summed E-state index contributed by atoms with van der Waals surface area (Å²) in [6.07, 6.45) is 2.00. The van der Waals surface area contributed by atoms with Crippen molar-refractivity contribution in [1.82, 2.24) is 5.32 Å². The van der Waals surface area contributed by atoms with Crippen molar-refractivity contribution < 1.29 is 19.4 Å². The molecule has 0 fully saturated rings. The number of methoxy groups -OCH3 is 1. The molecular formula is C14H19BrN2O4. The molecule has 0 unspecified atom stereocenters. The van der Waals surface area contributed by atoms with Crippen molar-refractivity contribution in [3.63, 3.8) is 0 Å². The molecule has 0 aromatic heterocycles. The number of benzene rings is 1. The van der Waals surface area contributed by atoms with E-state index in [1.54, 1.807) is 18.2 Å². The molecule has 1 aromatic rings. The SMILES string of the molecule is CCCC[C@H](NC(=O)Nc1cc(Br)ccc1OC)C(=O)O. The van der Waals surface area contributed by atoms with E-state index >= 15 is 0 Å². The third-order valence-corrected chi connectivity index (χ3v) is 3.35. The number of amides is 2. The first-order valence-electron chi connectivity index (χ1n) is 6.61. The van der Waals surface area contributed by atoms with Crippen LogP contribution in [0.5, 0.6) is 5.75 Å². The van der Waals surface area contributed by atoms with E-state index in [0.29, 0.717) is 17.9 Å². The lowest BCUT2D eigenvalue weighted by Crippen LogP contribution is -2.43. The molecule has 0 aliphatic heterocycles. The van der Waals surface area contributed by atoms with Gasteiger partial charge in [0.15, 0.2) is 0 Å². The molecule has 1 atom stereocenters. The summed E-state index contributed by atoms with van der Waals surface area (Å²) in [5.74, 6) is -0.548. The molecule has 1 aromatic carbocycles. The van der Waals surface area contributed by atoms with Crippen molar-refractivity contribution >= 4 is 33.6 Å². The van der Waals surface area contributed by atoms with Gasteiger partial charge in [-0.25, -0.2) is 9.59 Å². The van der Waals surface area contributed by atoms with E-state index in [1.165, 1.54) is 7.11 Å². The van der Waals surface area contributed by atoms with Crippen LogP contribution in [0.25, 0.3) is 0 Å². The first kappa shape index (κ1) is 17.3. The van der Waals surface area contributed by atoms with Crippen LogP contribution in [-0.2, 0) is 4.79 Å². The van der Waals surface area contributed by atoms with Crippen molar-refractivity contribution in [3.8, 4) is 5.75 Å². The van der Waals surface area contributed by atoms with Crippen LogP contribution in [0.1, 0.15) is 26.2 Å². The lowest BCUT2D eigenvalue weighted by molar-refractivity contribution is -0.139. The van der Waals surface area contributed by atoms with Crippen LogP contribution in [0.2, 0.25) is 0 Å². The Balaban J connectivity index is 2.71. The highest BCUT2D eigenvalue weighted by molar-refractivity contribution is 9.10. The number of ether oxygens (including phenoxy) is 1. The predicted octanol–water partition coefficient (Wildman–Crippen LogP) is 3.22. The summed E-state index contributed by atoms with van der Waals surface area (Å²) in [5.41, 5.74) is 0.462. The number of halogens is 1. The Labute approximate surface area is 132 Å². The van der Waals surface area contributed by atoms with Gasteiger partial charge >= 0.3 is 12.0 Å². The number of anilines is 1. The number of hydrogen-bond acceptors (Lipinski definition) is 3. The highest BCUT2D eigenvalue weighted by Gasteiger charge is 2.19. The topological polar surface area (TPSA) is 87.7 Å². The average molecular weight is 359 g/mol. The monoisotopic (exact) mass is 358 g/mol. The van der Waals surface area contributed by atoms with Gasteiger partial charge in [0.1, 0.15) is 11.8 Å². The zero-order chi connectivity index (χ0) is 15.8. The van der Waals surface area contributed by atoms with Crippen LogP contribution >= 0.6 is 15.9 Å². The maximum Gasteiger partial charge on any atom is 0.326 e. The van der Waals surface area contributed by atoms with Gasteiger partial charge in [-0.1, -0.05) is 35.7 Å². The molecule has 7 heteroatoms. The second-order valence-electron chi connectivity index (χ2n) is 4.48. The lowest BCUT2D eigenvalue weighted by Gasteiger charge is -2.16. The van der Waals surface area contributed by atoms with E-state index < -0.39 is 18.0 Å².